The summed E-state index contributed by atoms with van der Waals surface area (Å²) in [5.74, 6) is 0.143. The van der Waals surface area contributed by atoms with Crippen LogP contribution in [0.5, 0.6) is 0 Å². The Morgan fingerprint density at radius 1 is 1.20 bits per heavy atom. The molecule has 0 spiro atoms. The summed E-state index contributed by atoms with van der Waals surface area (Å²) in [5, 5.41) is 3.07. The number of anilines is 1. The summed E-state index contributed by atoms with van der Waals surface area (Å²) in [5.41, 5.74) is 7.56. The second kappa shape index (κ2) is 9.40. The fraction of sp³-hybridized carbons (Fsp3) is 0.588. The monoisotopic (exact) mass is 276 g/mol. The topological polar surface area (TPSA) is 55.1 Å². The van der Waals surface area contributed by atoms with E-state index in [1.807, 2.05) is 24.3 Å². The Morgan fingerprint density at radius 2 is 1.90 bits per heavy atom. The van der Waals surface area contributed by atoms with Crippen LogP contribution in [0.25, 0.3) is 0 Å². The van der Waals surface area contributed by atoms with Crippen molar-refractivity contribution >= 4 is 11.6 Å². The molecule has 1 aromatic rings. The third kappa shape index (κ3) is 7.17. The lowest BCUT2D eigenvalue weighted by Gasteiger charge is -2.13. The SMILES string of the molecule is CCCCCCC(C)NC(=O)CCc1ccc(N)cc1. The summed E-state index contributed by atoms with van der Waals surface area (Å²) in [4.78, 5) is 11.8. The maximum Gasteiger partial charge on any atom is 0.220 e. The van der Waals surface area contributed by atoms with Gasteiger partial charge in [0.1, 0.15) is 0 Å². The second-order valence-electron chi connectivity index (χ2n) is 5.56. The van der Waals surface area contributed by atoms with E-state index in [4.69, 9.17) is 5.73 Å². The molecule has 0 aliphatic heterocycles. The molecule has 0 saturated heterocycles. The van der Waals surface area contributed by atoms with E-state index in [1.165, 1.54) is 25.7 Å². The van der Waals surface area contributed by atoms with Gasteiger partial charge in [-0.3, -0.25) is 4.79 Å². The van der Waals surface area contributed by atoms with Crippen molar-refractivity contribution in [1.29, 1.82) is 0 Å². The highest BCUT2D eigenvalue weighted by molar-refractivity contribution is 5.76. The van der Waals surface area contributed by atoms with Crippen LogP contribution in [0.4, 0.5) is 5.69 Å². The van der Waals surface area contributed by atoms with Gasteiger partial charge in [0, 0.05) is 18.2 Å². The average Bonchev–Trinajstić information content (AvgIpc) is 2.43. The molecular weight excluding hydrogens is 248 g/mol. The van der Waals surface area contributed by atoms with Gasteiger partial charge in [0.15, 0.2) is 0 Å². The first-order chi connectivity index (χ1) is 9.61. The molecule has 1 rings (SSSR count). The van der Waals surface area contributed by atoms with E-state index in [0.29, 0.717) is 6.42 Å². The third-order valence-corrected chi connectivity index (χ3v) is 3.52. The van der Waals surface area contributed by atoms with E-state index in [2.05, 4.69) is 19.2 Å². The van der Waals surface area contributed by atoms with Gasteiger partial charge in [-0.1, -0.05) is 44.7 Å². The number of hydrogen-bond donors (Lipinski definition) is 2. The molecule has 20 heavy (non-hydrogen) atoms. The summed E-state index contributed by atoms with van der Waals surface area (Å²) in [6.07, 6.45) is 7.40. The number of nitrogens with two attached hydrogens (primary N) is 1. The molecule has 1 amide bonds. The Labute approximate surface area is 122 Å². The zero-order valence-electron chi connectivity index (χ0n) is 12.8. The Kier molecular flexibility index (Phi) is 7.78. The number of nitrogens with one attached hydrogen (secondary N) is 1. The first-order valence-corrected chi connectivity index (χ1v) is 7.75. The molecule has 0 aliphatic carbocycles. The molecule has 3 nitrogen and oxygen atoms in total. The van der Waals surface area contributed by atoms with Gasteiger partial charge in [-0.05, 0) is 37.5 Å². The van der Waals surface area contributed by atoms with Gasteiger partial charge in [0.25, 0.3) is 0 Å². The maximum atomic E-state index is 11.8. The molecule has 0 saturated carbocycles. The molecule has 3 heteroatoms. The van der Waals surface area contributed by atoms with Gasteiger partial charge in [-0.25, -0.2) is 0 Å². The number of rotatable bonds is 9. The number of nitrogen functional groups attached to an aromatic ring is 1. The standard InChI is InChI=1S/C17H28N2O/c1-3-4-5-6-7-14(2)19-17(20)13-10-15-8-11-16(18)12-9-15/h8-9,11-12,14H,3-7,10,13,18H2,1-2H3,(H,19,20). The molecule has 0 heterocycles. The molecular formula is C17H28N2O. The average molecular weight is 276 g/mol. The lowest BCUT2D eigenvalue weighted by atomic mass is 10.1. The number of aryl methyl sites for hydroxylation is 1. The molecule has 1 aromatic carbocycles. The van der Waals surface area contributed by atoms with Crippen LogP contribution in [-0.2, 0) is 11.2 Å². The molecule has 1 atom stereocenters. The van der Waals surface area contributed by atoms with Crippen molar-refractivity contribution in [2.45, 2.75) is 64.8 Å². The van der Waals surface area contributed by atoms with Gasteiger partial charge in [0.05, 0.1) is 0 Å². The van der Waals surface area contributed by atoms with E-state index in [-0.39, 0.29) is 11.9 Å². The highest BCUT2D eigenvalue weighted by Crippen LogP contribution is 2.08. The minimum atomic E-state index is 0.143. The Balaban J connectivity index is 2.17. The van der Waals surface area contributed by atoms with Crippen molar-refractivity contribution in [1.82, 2.24) is 5.32 Å². The summed E-state index contributed by atoms with van der Waals surface area (Å²) in [6, 6.07) is 8.01. The number of carbonyl (C=O) groups excluding carboxylic acids is 1. The molecule has 112 valence electrons. The van der Waals surface area contributed by atoms with Crippen molar-refractivity contribution in [3.63, 3.8) is 0 Å². The molecule has 1 unspecified atom stereocenters. The summed E-state index contributed by atoms with van der Waals surface area (Å²) in [7, 11) is 0. The summed E-state index contributed by atoms with van der Waals surface area (Å²) < 4.78 is 0. The molecule has 0 aliphatic rings. The maximum absolute atomic E-state index is 11.8. The van der Waals surface area contributed by atoms with Crippen LogP contribution >= 0.6 is 0 Å². The van der Waals surface area contributed by atoms with Crippen LogP contribution in [0.3, 0.4) is 0 Å². The van der Waals surface area contributed by atoms with Gasteiger partial charge >= 0.3 is 0 Å². The van der Waals surface area contributed by atoms with Crippen LogP contribution in [0.15, 0.2) is 24.3 Å². The Bertz CT molecular complexity index is 386. The Hall–Kier alpha value is -1.51. The first-order valence-electron chi connectivity index (χ1n) is 7.75. The van der Waals surface area contributed by atoms with E-state index in [0.717, 1.165) is 24.1 Å². The van der Waals surface area contributed by atoms with E-state index in [9.17, 15) is 4.79 Å². The van der Waals surface area contributed by atoms with Crippen molar-refractivity contribution in [2.75, 3.05) is 5.73 Å². The van der Waals surface area contributed by atoms with Crippen LogP contribution in [0.1, 0.15) is 57.9 Å². The van der Waals surface area contributed by atoms with Crippen LogP contribution in [0.2, 0.25) is 0 Å². The highest BCUT2D eigenvalue weighted by atomic mass is 16.1. The van der Waals surface area contributed by atoms with E-state index in [1.54, 1.807) is 0 Å². The second-order valence-corrected chi connectivity index (χ2v) is 5.56. The highest BCUT2D eigenvalue weighted by Gasteiger charge is 2.07. The quantitative estimate of drug-likeness (QED) is 0.534. The van der Waals surface area contributed by atoms with E-state index < -0.39 is 0 Å². The molecule has 0 bridgehead atoms. The smallest absolute Gasteiger partial charge is 0.220 e. The predicted octanol–water partition coefficient (Wildman–Crippen LogP) is 3.68. The van der Waals surface area contributed by atoms with Crippen molar-refractivity contribution < 1.29 is 4.79 Å². The largest absolute Gasteiger partial charge is 0.399 e. The number of amides is 1. The molecule has 3 N–H and O–H groups in total. The lowest BCUT2D eigenvalue weighted by molar-refractivity contribution is -0.121. The fourth-order valence-corrected chi connectivity index (χ4v) is 2.24. The third-order valence-electron chi connectivity index (χ3n) is 3.52. The van der Waals surface area contributed by atoms with Crippen LogP contribution in [-0.4, -0.2) is 11.9 Å². The molecule has 0 radical (unpaired) electrons. The predicted molar refractivity (Wildman–Crippen MR) is 85.5 cm³/mol. The number of benzene rings is 1. The fourth-order valence-electron chi connectivity index (χ4n) is 2.24. The number of carbonyl (C=O) groups is 1. The zero-order chi connectivity index (χ0) is 14.8. The Morgan fingerprint density at radius 3 is 2.55 bits per heavy atom. The minimum absolute atomic E-state index is 0.143. The van der Waals surface area contributed by atoms with Gasteiger partial charge < -0.3 is 11.1 Å². The normalized spacial score (nSPS) is 12.1. The molecule has 0 fully saturated rings. The molecule has 0 aromatic heterocycles. The minimum Gasteiger partial charge on any atom is -0.399 e. The van der Waals surface area contributed by atoms with Crippen molar-refractivity contribution in [3.8, 4) is 0 Å². The van der Waals surface area contributed by atoms with Crippen LogP contribution in [0, 0.1) is 0 Å². The van der Waals surface area contributed by atoms with Gasteiger partial charge in [-0.15, -0.1) is 0 Å². The lowest BCUT2D eigenvalue weighted by Crippen LogP contribution is -2.32. The zero-order valence-corrected chi connectivity index (χ0v) is 12.8. The summed E-state index contributed by atoms with van der Waals surface area (Å²) >= 11 is 0. The number of unbranched alkanes of at least 4 members (excludes halogenated alkanes) is 3. The number of hydrogen-bond acceptors (Lipinski definition) is 2. The first kappa shape index (κ1) is 16.5. The van der Waals surface area contributed by atoms with Gasteiger partial charge in [-0.2, -0.15) is 0 Å². The van der Waals surface area contributed by atoms with Crippen LogP contribution < -0.4 is 11.1 Å². The summed E-state index contributed by atoms with van der Waals surface area (Å²) in [6.45, 7) is 4.30. The van der Waals surface area contributed by atoms with Gasteiger partial charge in [0.2, 0.25) is 5.91 Å². The van der Waals surface area contributed by atoms with Crippen molar-refractivity contribution in [3.05, 3.63) is 29.8 Å². The van der Waals surface area contributed by atoms with E-state index >= 15 is 0 Å². The van der Waals surface area contributed by atoms with Crippen molar-refractivity contribution in [2.24, 2.45) is 0 Å².